The van der Waals surface area contributed by atoms with E-state index in [1.165, 1.54) is 0 Å². The lowest BCUT2D eigenvalue weighted by Crippen LogP contribution is -2.25. The van der Waals surface area contributed by atoms with Gasteiger partial charge in [-0.15, -0.1) is 0 Å². The normalized spacial score (nSPS) is 34.2. The summed E-state index contributed by atoms with van der Waals surface area (Å²) in [5, 5.41) is 9.23. The molecule has 0 saturated heterocycles. The molecule has 0 aromatic heterocycles. The van der Waals surface area contributed by atoms with Crippen LogP contribution in [0, 0.1) is 0 Å². The van der Waals surface area contributed by atoms with E-state index in [0.29, 0.717) is 6.10 Å². The van der Waals surface area contributed by atoms with E-state index >= 15 is 0 Å². The average molecular weight is 144 g/mol. The Balaban J connectivity index is 2.18. The molecule has 0 spiro atoms. The van der Waals surface area contributed by atoms with Crippen molar-refractivity contribution in [3.8, 4) is 0 Å². The molecule has 2 atom stereocenters. The number of hydrogen-bond donors (Lipinski definition) is 1. The minimum atomic E-state index is -0.106. The molecular formula is C8H16O2. The van der Waals surface area contributed by atoms with E-state index in [-0.39, 0.29) is 6.10 Å². The van der Waals surface area contributed by atoms with Crippen LogP contribution in [0.25, 0.3) is 0 Å². The highest BCUT2D eigenvalue weighted by Gasteiger charge is 2.19. The summed E-state index contributed by atoms with van der Waals surface area (Å²) in [7, 11) is 0. The predicted molar refractivity (Wildman–Crippen MR) is 39.9 cm³/mol. The van der Waals surface area contributed by atoms with Crippen molar-refractivity contribution in [1.82, 2.24) is 0 Å². The fourth-order valence-corrected chi connectivity index (χ4v) is 1.51. The molecule has 0 unspecified atom stereocenters. The van der Waals surface area contributed by atoms with Gasteiger partial charge in [-0.3, -0.25) is 0 Å². The molecule has 0 bridgehead atoms. The first-order valence-corrected chi connectivity index (χ1v) is 4.12. The molecule has 0 aromatic carbocycles. The fourth-order valence-electron chi connectivity index (χ4n) is 1.51. The Morgan fingerprint density at radius 1 is 1.50 bits per heavy atom. The molecule has 0 aromatic rings. The second kappa shape index (κ2) is 3.94. The summed E-state index contributed by atoms with van der Waals surface area (Å²) in [4.78, 5) is 0. The van der Waals surface area contributed by atoms with Crippen LogP contribution in [0.2, 0.25) is 0 Å². The van der Waals surface area contributed by atoms with E-state index < -0.39 is 0 Å². The van der Waals surface area contributed by atoms with Gasteiger partial charge in [0.2, 0.25) is 0 Å². The number of ether oxygens (including phenoxy) is 1. The van der Waals surface area contributed by atoms with Gasteiger partial charge in [-0.1, -0.05) is 0 Å². The van der Waals surface area contributed by atoms with Crippen molar-refractivity contribution in [2.75, 3.05) is 6.61 Å². The van der Waals surface area contributed by atoms with Crippen LogP contribution in [-0.2, 0) is 4.74 Å². The van der Waals surface area contributed by atoms with Crippen LogP contribution < -0.4 is 0 Å². The maximum absolute atomic E-state index is 9.23. The molecule has 1 aliphatic rings. The molecule has 2 nitrogen and oxygen atoms in total. The van der Waals surface area contributed by atoms with Crippen LogP contribution >= 0.6 is 0 Å². The Bertz CT molecular complexity index is 91.3. The zero-order valence-electron chi connectivity index (χ0n) is 6.55. The van der Waals surface area contributed by atoms with Crippen molar-refractivity contribution in [1.29, 1.82) is 0 Å². The smallest absolute Gasteiger partial charge is 0.0599 e. The van der Waals surface area contributed by atoms with Gasteiger partial charge in [0.05, 0.1) is 12.2 Å². The third kappa shape index (κ3) is 2.27. The Morgan fingerprint density at radius 3 is 2.90 bits per heavy atom. The maximum Gasteiger partial charge on any atom is 0.0599 e. The Labute approximate surface area is 62.2 Å². The molecule has 1 aliphatic carbocycles. The lowest BCUT2D eigenvalue weighted by molar-refractivity contribution is -0.00912. The Kier molecular flexibility index (Phi) is 3.16. The monoisotopic (exact) mass is 144 g/mol. The molecule has 10 heavy (non-hydrogen) atoms. The predicted octanol–water partition coefficient (Wildman–Crippen LogP) is 1.33. The number of rotatable bonds is 2. The van der Waals surface area contributed by atoms with Crippen LogP contribution in [-0.4, -0.2) is 23.9 Å². The van der Waals surface area contributed by atoms with Crippen molar-refractivity contribution < 1.29 is 9.84 Å². The standard InChI is InChI=1S/C8H16O2/c1-2-10-8-5-3-4-7(9)6-8/h7-9H,2-6H2,1H3/t7-,8+/m0/s1. The van der Waals surface area contributed by atoms with Crippen LogP contribution in [0.1, 0.15) is 32.6 Å². The topological polar surface area (TPSA) is 29.5 Å². The summed E-state index contributed by atoms with van der Waals surface area (Å²) >= 11 is 0. The summed E-state index contributed by atoms with van der Waals surface area (Å²) in [6.07, 6.45) is 4.27. The van der Waals surface area contributed by atoms with Gasteiger partial charge < -0.3 is 9.84 Å². The minimum Gasteiger partial charge on any atom is -0.393 e. The average Bonchev–Trinajstić information content (AvgIpc) is 1.88. The van der Waals surface area contributed by atoms with Crippen molar-refractivity contribution in [3.05, 3.63) is 0 Å². The summed E-state index contributed by atoms with van der Waals surface area (Å²) < 4.78 is 5.39. The highest BCUT2D eigenvalue weighted by atomic mass is 16.5. The van der Waals surface area contributed by atoms with Crippen molar-refractivity contribution in [3.63, 3.8) is 0 Å². The van der Waals surface area contributed by atoms with E-state index in [0.717, 1.165) is 32.3 Å². The van der Waals surface area contributed by atoms with Gasteiger partial charge in [0, 0.05) is 6.61 Å². The summed E-state index contributed by atoms with van der Waals surface area (Å²) in [6, 6.07) is 0. The Hall–Kier alpha value is -0.0800. The molecule has 0 radical (unpaired) electrons. The first-order chi connectivity index (χ1) is 4.83. The van der Waals surface area contributed by atoms with Gasteiger partial charge in [-0.25, -0.2) is 0 Å². The van der Waals surface area contributed by atoms with Gasteiger partial charge in [-0.2, -0.15) is 0 Å². The second-order valence-electron chi connectivity index (χ2n) is 2.90. The van der Waals surface area contributed by atoms with E-state index in [1.807, 2.05) is 6.92 Å². The zero-order chi connectivity index (χ0) is 7.40. The zero-order valence-corrected chi connectivity index (χ0v) is 6.55. The number of aliphatic hydroxyl groups excluding tert-OH is 1. The number of hydrogen-bond acceptors (Lipinski definition) is 2. The van der Waals surface area contributed by atoms with E-state index in [4.69, 9.17) is 4.74 Å². The van der Waals surface area contributed by atoms with Crippen LogP contribution in [0.4, 0.5) is 0 Å². The highest BCUT2D eigenvalue weighted by molar-refractivity contribution is 4.71. The molecule has 0 heterocycles. The van der Waals surface area contributed by atoms with Gasteiger partial charge in [-0.05, 0) is 32.6 Å². The summed E-state index contributed by atoms with van der Waals surface area (Å²) in [5.74, 6) is 0. The first-order valence-electron chi connectivity index (χ1n) is 4.12. The van der Waals surface area contributed by atoms with Crippen LogP contribution in [0.15, 0.2) is 0 Å². The third-order valence-corrected chi connectivity index (χ3v) is 2.00. The first kappa shape index (κ1) is 8.02. The van der Waals surface area contributed by atoms with E-state index in [2.05, 4.69) is 0 Å². The molecule has 1 N–H and O–H groups in total. The largest absolute Gasteiger partial charge is 0.393 e. The SMILES string of the molecule is CCO[C@@H]1CCC[C@H](O)C1. The van der Waals surface area contributed by atoms with E-state index in [1.54, 1.807) is 0 Å². The molecule has 1 saturated carbocycles. The van der Waals surface area contributed by atoms with Gasteiger partial charge in [0.1, 0.15) is 0 Å². The van der Waals surface area contributed by atoms with Crippen LogP contribution in [0.5, 0.6) is 0 Å². The van der Waals surface area contributed by atoms with Crippen molar-refractivity contribution in [2.24, 2.45) is 0 Å². The molecule has 0 amide bonds. The molecule has 1 rings (SSSR count). The fraction of sp³-hybridized carbons (Fsp3) is 1.00. The maximum atomic E-state index is 9.23. The molecule has 60 valence electrons. The quantitative estimate of drug-likeness (QED) is 0.633. The third-order valence-electron chi connectivity index (χ3n) is 2.00. The Morgan fingerprint density at radius 2 is 2.30 bits per heavy atom. The number of aliphatic hydroxyl groups is 1. The van der Waals surface area contributed by atoms with Crippen molar-refractivity contribution >= 4 is 0 Å². The van der Waals surface area contributed by atoms with Crippen LogP contribution in [0.3, 0.4) is 0 Å². The highest BCUT2D eigenvalue weighted by Crippen LogP contribution is 2.20. The molecule has 0 aliphatic heterocycles. The van der Waals surface area contributed by atoms with Gasteiger partial charge in [0.25, 0.3) is 0 Å². The molecule has 2 heteroatoms. The minimum absolute atomic E-state index is 0.106. The van der Waals surface area contributed by atoms with Gasteiger partial charge in [0.15, 0.2) is 0 Å². The second-order valence-corrected chi connectivity index (χ2v) is 2.90. The lowest BCUT2D eigenvalue weighted by Gasteiger charge is -2.25. The summed E-state index contributed by atoms with van der Waals surface area (Å²) in [5.41, 5.74) is 0. The van der Waals surface area contributed by atoms with Gasteiger partial charge >= 0.3 is 0 Å². The van der Waals surface area contributed by atoms with Crippen molar-refractivity contribution in [2.45, 2.75) is 44.8 Å². The van der Waals surface area contributed by atoms with E-state index in [9.17, 15) is 5.11 Å². The summed E-state index contributed by atoms with van der Waals surface area (Å²) in [6.45, 7) is 2.78. The molecular weight excluding hydrogens is 128 g/mol. The molecule has 1 fully saturated rings. The lowest BCUT2D eigenvalue weighted by atomic mass is 9.95.